The molecule has 120 valence electrons. The molecule has 0 aromatic heterocycles. The van der Waals surface area contributed by atoms with Gasteiger partial charge in [-0.1, -0.05) is 54.6 Å². The average molecular weight is 306 g/mol. The molecule has 0 radical (unpaired) electrons. The number of nitrogens with one attached hydrogen (secondary N) is 1. The lowest BCUT2D eigenvalue weighted by molar-refractivity contribution is 0.167. The first-order valence-corrected chi connectivity index (χ1v) is 8.50. The summed E-state index contributed by atoms with van der Waals surface area (Å²) >= 11 is 0. The highest BCUT2D eigenvalue weighted by Crippen LogP contribution is 2.31. The molecule has 0 atom stereocenters. The second kappa shape index (κ2) is 7.47. The molecule has 1 aliphatic rings. The summed E-state index contributed by atoms with van der Waals surface area (Å²) in [4.78, 5) is 2.56. The van der Waals surface area contributed by atoms with Gasteiger partial charge in [0, 0.05) is 30.9 Å². The number of piperidine rings is 1. The molecule has 2 nitrogen and oxygen atoms in total. The van der Waals surface area contributed by atoms with Crippen LogP contribution in [0.1, 0.15) is 24.8 Å². The Morgan fingerprint density at radius 3 is 2.17 bits per heavy atom. The van der Waals surface area contributed by atoms with Crippen LogP contribution < -0.4 is 5.32 Å². The third-order valence-electron chi connectivity index (χ3n) is 4.78. The van der Waals surface area contributed by atoms with Crippen molar-refractivity contribution < 1.29 is 0 Å². The zero-order valence-electron chi connectivity index (χ0n) is 13.7. The molecule has 2 aromatic carbocycles. The van der Waals surface area contributed by atoms with Gasteiger partial charge in [0.2, 0.25) is 0 Å². The Hall–Kier alpha value is -2.06. The van der Waals surface area contributed by atoms with Crippen LogP contribution in [0, 0.1) is 0 Å². The molecule has 0 bridgehead atoms. The predicted molar refractivity (Wildman–Crippen MR) is 98.6 cm³/mol. The van der Waals surface area contributed by atoms with Gasteiger partial charge in [-0.3, -0.25) is 4.90 Å². The van der Waals surface area contributed by atoms with Crippen LogP contribution in [-0.4, -0.2) is 23.5 Å². The Morgan fingerprint density at radius 2 is 1.57 bits per heavy atom. The van der Waals surface area contributed by atoms with E-state index >= 15 is 0 Å². The highest BCUT2D eigenvalue weighted by atomic mass is 15.2. The molecule has 1 fully saturated rings. The summed E-state index contributed by atoms with van der Waals surface area (Å²) in [6.45, 7) is 7.28. The van der Waals surface area contributed by atoms with E-state index in [1.165, 1.54) is 11.3 Å². The van der Waals surface area contributed by atoms with Crippen LogP contribution in [0.4, 0.5) is 5.69 Å². The maximum atomic E-state index is 3.97. The molecule has 0 amide bonds. The van der Waals surface area contributed by atoms with Crippen molar-refractivity contribution in [3.8, 4) is 0 Å². The fraction of sp³-hybridized carbons (Fsp3) is 0.333. The summed E-state index contributed by atoms with van der Waals surface area (Å²) in [6, 6.07) is 21.3. The van der Waals surface area contributed by atoms with E-state index in [2.05, 4.69) is 83.5 Å². The molecular weight excluding hydrogens is 280 g/mol. The molecule has 1 heterocycles. The molecule has 0 aliphatic carbocycles. The van der Waals surface area contributed by atoms with E-state index < -0.39 is 0 Å². The number of hydrogen-bond donors (Lipinski definition) is 1. The Morgan fingerprint density at radius 1 is 0.957 bits per heavy atom. The van der Waals surface area contributed by atoms with Crippen LogP contribution in [-0.2, 0) is 6.54 Å². The summed E-state index contributed by atoms with van der Waals surface area (Å²) in [5.74, 6) is 0. The molecule has 1 saturated heterocycles. The normalized spacial score (nSPS) is 17.6. The van der Waals surface area contributed by atoms with Crippen LogP contribution >= 0.6 is 0 Å². The van der Waals surface area contributed by atoms with E-state index in [0.29, 0.717) is 0 Å². The topological polar surface area (TPSA) is 15.3 Å². The molecular formula is C21H26N2. The average Bonchev–Trinajstić information content (AvgIpc) is 2.59. The first-order chi connectivity index (χ1) is 11.3. The maximum Gasteiger partial charge on any atom is 0.0432 e. The van der Waals surface area contributed by atoms with Crippen LogP contribution in [0.5, 0.6) is 0 Å². The highest BCUT2D eigenvalue weighted by Gasteiger charge is 2.33. The van der Waals surface area contributed by atoms with Gasteiger partial charge in [-0.25, -0.2) is 0 Å². The molecule has 1 aliphatic heterocycles. The lowest BCUT2D eigenvalue weighted by Gasteiger charge is -2.43. The van der Waals surface area contributed by atoms with Gasteiger partial charge in [0.1, 0.15) is 0 Å². The smallest absolute Gasteiger partial charge is 0.0432 e. The van der Waals surface area contributed by atoms with E-state index in [1.54, 1.807) is 0 Å². The molecule has 0 spiro atoms. The monoisotopic (exact) mass is 306 g/mol. The van der Waals surface area contributed by atoms with Crippen molar-refractivity contribution in [2.24, 2.45) is 0 Å². The van der Waals surface area contributed by atoms with Gasteiger partial charge in [-0.2, -0.15) is 0 Å². The van der Waals surface area contributed by atoms with Gasteiger partial charge in [0.15, 0.2) is 0 Å². The predicted octanol–water partition coefficient (Wildman–Crippen LogP) is 4.71. The van der Waals surface area contributed by atoms with Crippen LogP contribution in [0.3, 0.4) is 0 Å². The van der Waals surface area contributed by atoms with Crippen molar-refractivity contribution in [3.63, 3.8) is 0 Å². The first kappa shape index (κ1) is 15.8. The van der Waals surface area contributed by atoms with E-state index in [-0.39, 0.29) is 5.54 Å². The Bertz CT molecular complexity index is 598. The van der Waals surface area contributed by atoms with E-state index in [1.807, 2.05) is 0 Å². The highest BCUT2D eigenvalue weighted by molar-refractivity contribution is 5.45. The van der Waals surface area contributed by atoms with Gasteiger partial charge in [0.05, 0.1) is 0 Å². The van der Waals surface area contributed by atoms with Gasteiger partial charge in [0.25, 0.3) is 0 Å². The molecule has 3 rings (SSSR count). The third-order valence-corrected chi connectivity index (χ3v) is 4.78. The minimum atomic E-state index is 0.149. The van der Waals surface area contributed by atoms with Crippen LogP contribution in [0.15, 0.2) is 73.3 Å². The molecule has 1 N–H and O–H groups in total. The largest absolute Gasteiger partial charge is 0.379 e. The molecule has 0 saturated carbocycles. The second-order valence-corrected chi connectivity index (χ2v) is 6.53. The fourth-order valence-corrected chi connectivity index (χ4v) is 3.46. The van der Waals surface area contributed by atoms with Crippen molar-refractivity contribution in [1.82, 2.24) is 4.90 Å². The minimum absolute atomic E-state index is 0.149. The zero-order chi connectivity index (χ0) is 16.0. The minimum Gasteiger partial charge on any atom is -0.379 e. The third kappa shape index (κ3) is 4.23. The van der Waals surface area contributed by atoms with Gasteiger partial charge in [-0.05, 0) is 37.0 Å². The van der Waals surface area contributed by atoms with Crippen LogP contribution in [0.25, 0.3) is 0 Å². The number of rotatable bonds is 6. The maximum absolute atomic E-state index is 3.97. The van der Waals surface area contributed by atoms with E-state index in [9.17, 15) is 0 Å². The number of anilines is 1. The quantitative estimate of drug-likeness (QED) is 0.778. The number of para-hydroxylation sites is 1. The summed E-state index contributed by atoms with van der Waals surface area (Å²) in [6.07, 6.45) is 5.38. The lowest BCUT2D eigenvalue weighted by atomic mass is 9.84. The second-order valence-electron chi connectivity index (χ2n) is 6.53. The summed E-state index contributed by atoms with van der Waals surface area (Å²) in [5, 5.41) is 3.78. The van der Waals surface area contributed by atoms with Crippen molar-refractivity contribution >= 4 is 5.69 Å². The Kier molecular flexibility index (Phi) is 5.14. The van der Waals surface area contributed by atoms with Crippen molar-refractivity contribution in [2.45, 2.75) is 31.3 Å². The fourth-order valence-electron chi connectivity index (χ4n) is 3.46. The van der Waals surface area contributed by atoms with Gasteiger partial charge < -0.3 is 5.32 Å². The van der Waals surface area contributed by atoms with Gasteiger partial charge in [-0.15, -0.1) is 6.58 Å². The number of nitrogens with zero attached hydrogens (tertiary/aromatic N) is 1. The van der Waals surface area contributed by atoms with E-state index in [4.69, 9.17) is 0 Å². The van der Waals surface area contributed by atoms with Gasteiger partial charge >= 0.3 is 0 Å². The molecule has 23 heavy (non-hydrogen) atoms. The Labute approximate surface area is 139 Å². The first-order valence-electron chi connectivity index (χ1n) is 8.50. The summed E-state index contributed by atoms with van der Waals surface area (Å²) in [5.41, 5.74) is 2.77. The summed E-state index contributed by atoms with van der Waals surface area (Å²) in [7, 11) is 0. The van der Waals surface area contributed by atoms with Crippen molar-refractivity contribution in [1.29, 1.82) is 0 Å². The van der Waals surface area contributed by atoms with Crippen molar-refractivity contribution in [2.75, 3.05) is 18.4 Å². The standard InChI is InChI=1S/C21H26N2/c1-2-13-21(22-20-11-7-4-8-12-20)14-16-23(17-15-21)18-19-9-5-3-6-10-19/h2-12,22H,1,13-18H2. The number of hydrogen-bond acceptors (Lipinski definition) is 2. The number of benzene rings is 2. The van der Waals surface area contributed by atoms with E-state index in [0.717, 1.165) is 38.9 Å². The van der Waals surface area contributed by atoms with Crippen LogP contribution in [0.2, 0.25) is 0 Å². The zero-order valence-corrected chi connectivity index (χ0v) is 13.7. The summed E-state index contributed by atoms with van der Waals surface area (Å²) < 4.78 is 0. The molecule has 2 heteroatoms. The van der Waals surface area contributed by atoms with Crippen molar-refractivity contribution in [3.05, 3.63) is 78.9 Å². The molecule has 2 aromatic rings. The Balaban J connectivity index is 1.62. The molecule has 0 unspecified atom stereocenters. The number of likely N-dealkylation sites (tertiary alicyclic amines) is 1. The SMILES string of the molecule is C=CCC1(Nc2ccccc2)CCN(Cc2ccccc2)CC1. The lowest BCUT2D eigenvalue weighted by Crippen LogP contribution is -2.48.